The third-order valence-electron chi connectivity index (χ3n) is 11.1. The summed E-state index contributed by atoms with van der Waals surface area (Å²) < 4.78 is 8.64. The van der Waals surface area contributed by atoms with Crippen LogP contribution in [-0.4, -0.2) is 15.0 Å². The Morgan fingerprint density at radius 3 is 1.86 bits per heavy atom. The Bertz CT molecular complexity index is 3540. The predicted octanol–water partition coefficient (Wildman–Crippen LogP) is 14.3. The number of nitrogens with zero attached hydrogens (tertiary/aromatic N) is 3. The molecular weight excluding hydrogens is 703 g/mol. The molecule has 12 aromatic rings. The molecule has 0 aliphatic heterocycles. The summed E-state index contributed by atoms with van der Waals surface area (Å²) in [6, 6.07) is 62.1. The zero-order valence-corrected chi connectivity index (χ0v) is 30.7. The fourth-order valence-electron chi connectivity index (χ4n) is 8.54. The Kier molecular flexibility index (Phi) is 6.76. The summed E-state index contributed by atoms with van der Waals surface area (Å²) in [5.41, 5.74) is 6.90. The van der Waals surface area contributed by atoms with Crippen LogP contribution in [0.15, 0.2) is 180 Å². The van der Waals surface area contributed by atoms with Crippen molar-refractivity contribution >= 4 is 85.8 Å². The molecule has 0 saturated heterocycles. The van der Waals surface area contributed by atoms with Gasteiger partial charge in [0.05, 0.1) is 0 Å². The molecule has 9 aromatic carbocycles. The van der Waals surface area contributed by atoms with Crippen LogP contribution >= 0.6 is 11.3 Å². The molecule has 0 aliphatic carbocycles. The smallest absolute Gasteiger partial charge is 0.165 e. The average molecular weight is 732 g/mol. The van der Waals surface area contributed by atoms with Crippen LogP contribution in [0.4, 0.5) is 0 Å². The Morgan fingerprint density at radius 1 is 0.357 bits per heavy atom. The Balaban J connectivity index is 1.11. The molecular formula is C51H29N3OS. The first kappa shape index (κ1) is 31.2. The molecule has 3 aromatic heterocycles. The van der Waals surface area contributed by atoms with Gasteiger partial charge in [-0.25, -0.2) is 15.0 Å². The number of furan rings is 1. The molecule has 0 aliphatic rings. The topological polar surface area (TPSA) is 51.8 Å². The van der Waals surface area contributed by atoms with Crippen molar-refractivity contribution in [3.63, 3.8) is 0 Å². The van der Waals surface area contributed by atoms with E-state index in [4.69, 9.17) is 19.4 Å². The van der Waals surface area contributed by atoms with E-state index in [2.05, 4.69) is 158 Å². The van der Waals surface area contributed by atoms with E-state index in [1.807, 2.05) is 18.2 Å². The van der Waals surface area contributed by atoms with Crippen LogP contribution in [0.25, 0.3) is 120 Å². The van der Waals surface area contributed by atoms with Gasteiger partial charge < -0.3 is 4.42 Å². The zero-order chi connectivity index (χ0) is 36.7. The molecule has 0 fully saturated rings. The molecule has 56 heavy (non-hydrogen) atoms. The number of hydrogen-bond donors (Lipinski definition) is 0. The van der Waals surface area contributed by atoms with Gasteiger partial charge in [-0.15, -0.1) is 11.3 Å². The molecule has 0 bridgehead atoms. The van der Waals surface area contributed by atoms with E-state index in [0.29, 0.717) is 17.5 Å². The molecule has 3 heterocycles. The minimum Gasteiger partial charge on any atom is -0.456 e. The van der Waals surface area contributed by atoms with E-state index in [9.17, 15) is 0 Å². The van der Waals surface area contributed by atoms with Crippen molar-refractivity contribution in [2.75, 3.05) is 0 Å². The van der Waals surface area contributed by atoms with Gasteiger partial charge in [0, 0.05) is 53.0 Å². The lowest BCUT2D eigenvalue weighted by Gasteiger charge is -2.14. The summed E-state index contributed by atoms with van der Waals surface area (Å²) in [4.78, 5) is 16.0. The number of para-hydroxylation sites is 1. The number of rotatable bonds is 4. The van der Waals surface area contributed by atoms with Crippen molar-refractivity contribution in [2.24, 2.45) is 0 Å². The van der Waals surface area contributed by atoms with E-state index in [-0.39, 0.29) is 0 Å². The lowest BCUT2D eigenvalue weighted by atomic mass is 9.92. The van der Waals surface area contributed by atoms with Crippen LogP contribution in [-0.2, 0) is 0 Å². The highest BCUT2D eigenvalue weighted by molar-refractivity contribution is 7.26. The number of benzene rings is 9. The molecule has 5 heteroatoms. The van der Waals surface area contributed by atoms with Crippen LogP contribution in [0.2, 0.25) is 0 Å². The number of aromatic nitrogens is 3. The van der Waals surface area contributed by atoms with Crippen molar-refractivity contribution in [3.05, 3.63) is 176 Å². The normalized spacial score (nSPS) is 11.9. The summed E-state index contributed by atoms with van der Waals surface area (Å²) in [5, 5.41) is 11.7. The fraction of sp³-hybridized carbons (Fsp3) is 0. The largest absolute Gasteiger partial charge is 0.456 e. The monoisotopic (exact) mass is 731 g/mol. The predicted molar refractivity (Wildman–Crippen MR) is 234 cm³/mol. The fourth-order valence-corrected chi connectivity index (χ4v) is 9.75. The molecule has 0 radical (unpaired) electrons. The van der Waals surface area contributed by atoms with E-state index in [1.165, 1.54) is 41.7 Å². The van der Waals surface area contributed by atoms with E-state index < -0.39 is 0 Å². The van der Waals surface area contributed by atoms with Crippen LogP contribution in [0.3, 0.4) is 0 Å². The van der Waals surface area contributed by atoms with E-state index in [1.54, 1.807) is 11.3 Å². The van der Waals surface area contributed by atoms with Gasteiger partial charge in [-0.05, 0) is 68.4 Å². The third-order valence-corrected chi connectivity index (χ3v) is 12.3. The highest BCUT2D eigenvalue weighted by Crippen LogP contribution is 2.42. The van der Waals surface area contributed by atoms with Crippen molar-refractivity contribution in [3.8, 4) is 45.3 Å². The van der Waals surface area contributed by atoms with Gasteiger partial charge in [0.25, 0.3) is 0 Å². The van der Waals surface area contributed by atoms with Gasteiger partial charge in [-0.1, -0.05) is 146 Å². The quantitative estimate of drug-likeness (QED) is 0.169. The van der Waals surface area contributed by atoms with Crippen molar-refractivity contribution in [1.82, 2.24) is 15.0 Å². The van der Waals surface area contributed by atoms with Crippen LogP contribution in [0.1, 0.15) is 0 Å². The van der Waals surface area contributed by atoms with Gasteiger partial charge in [0.15, 0.2) is 17.5 Å². The van der Waals surface area contributed by atoms with Gasteiger partial charge in [-0.3, -0.25) is 0 Å². The first-order chi connectivity index (χ1) is 27.7. The van der Waals surface area contributed by atoms with Crippen LogP contribution in [0, 0.1) is 0 Å². The average Bonchev–Trinajstić information content (AvgIpc) is 3.85. The van der Waals surface area contributed by atoms with E-state index in [0.717, 1.165) is 60.5 Å². The minimum atomic E-state index is 0.628. The summed E-state index contributed by atoms with van der Waals surface area (Å²) in [6.45, 7) is 0. The second kappa shape index (κ2) is 12.2. The summed E-state index contributed by atoms with van der Waals surface area (Å²) in [7, 11) is 0. The summed E-state index contributed by atoms with van der Waals surface area (Å²) in [6.07, 6.45) is 0. The zero-order valence-electron chi connectivity index (χ0n) is 29.9. The second-order valence-electron chi connectivity index (χ2n) is 14.3. The Morgan fingerprint density at radius 2 is 0.982 bits per heavy atom. The Labute approximate surface area is 325 Å². The minimum absolute atomic E-state index is 0.628. The highest BCUT2D eigenvalue weighted by Gasteiger charge is 2.20. The molecule has 260 valence electrons. The third kappa shape index (κ3) is 4.75. The molecule has 12 rings (SSSR count). The molecule has 0 amide bonds. The van der Waals surface area contributed by atoms with Crippen LogP contribution < -0.4 is 0 Å². The maximum absolute atomic E-state index is 6.23. The molecule has 0 spiro atoms. The summed E-state index contributed by atoms with van der Waals surface area (Å²) >= 11 is 1.79. The molecule has 0 atom stereocenters. The lowest BCUT2D eigenvalue weighted by molar-refractivity contribution is 0.669. The number of fused-ring (bicyclic) bond motifs is 11. The Hall–Kier alpha value is -7.21. The van der Waals surface area contributed by atoms with Gasteiger partial charge in [0.1, 0.15) is 11.2 Å². The first-order valence-corrected chi connectivity index (χ1v) is 19.6. The SMILES string of the molecule is c1ccc2c(c1)cc(-c1nc(-c3ccc(-c4cccc5oc6ccccc6c45)cc3)nc(-c3cccc4c3sc3ccccc34)n1)c1c3ccccc3ccc21. The van der Waals surface area contributed by atoms with Gasteiger partial charge in [0.2, 0.25) is 0 Å². The molecule has 0 saturated carbocycles. The molecule has 0 N–H and O–H groups in total. The van der Waals surface area contributed by atoms with Crippen molar-refractivity contribution in [1.29, 1.82) is 0 Å². The van der Waals surface area contributed by atoms with Crippen LogP contribution in [0.5, 0.6) is 0 Å². The summed E-state index contributed by atoms with van der Waals surface area (Å²) in [5.74, 6) is 1.93. The van der Waals surface area contributed by atoms with Crippen molar-refractivity contribution < 1.29 is 4.42 Å². The molecule has 0 unspecified atom stereocenters. The maximum atomic E-state index is 6.23. The number of hydrogen-bond acceptors (Lipinski definition) is 5. The lowest BCUT2D eigenvalue weighted by Crippen LogP contribution is -2.01. The van der Waals surface area contributed by atoms with Gasteiger partial charge in [-0.2, -0.15) is 0 Å². The maximum Gasteiger partial charge on any atom is 0.165 e. The van der Waals surface area contributed by atoms with Gasteiger partial charge >= 0.3 is 0 Å². The standard InChI is InChI=1S/C51H29N3OS/c1-4-14-35-30(11-1)27-28-38-34-13-3-2-12-33(34)29-42(46(35)38)51-53-49(52-50(54-51)41-19-9-18-39-37-15-6-8-22-45(37)56-48(39)41)32-25-23-31(24-26-32)36-17-10-21-44-47(36)40-16-5-7-20-43(40)55-44/h1-29H. The second-order valence-corrected chi connectivity index (χ2v) is 15.3. The first-order valence-electron chi connectivity index (χ1n) is 18.8. The van der Waals surface area contributed by atoms with E-state index >= 15 is 0 Å². The molecule has 4 nitrogen and oxygen atoms in total. The number of thiophene rings is 1. The highest BCUT2D eigenvalue weighted by atomic mass is 32.1. The van der Waals surface area contributed by atoms with Crippen molar-refractivity contribution in [2.45, 2.75) is 0 Å².